The van der Waals surface area contributed by atoms with Crippen LogP contribution in [0.1, 0.15) is 43.8 Å². The zero-order valence-corrected chi connectivity index (χ0v) is 10.1. The summed E-state index contributed by atoms with van der Waals surface area (Å²) in [6, 6.07) is 0. The van der Waals surface area contributed by atoms with E-state index in [0.29, 0.717) is 0 Å². The molecule has 17 heavy (non-hydrogen) atoms. The number of aromatic nitrogens is 3. The van der Waals surface area contributed by atoms with Crippen molar-refractivity contribution in [1.29, 1.82) is 0 Å². The van der Waals surface area contributed by atoms with Crippen LogP contribution in [-0.2, 0) is 27.9 Å². The molecule has 1 aliphatic heterocycles. The Bertz CT molecular complexity index is 449. The number of fused-ring (bicyclic) bond motifs is 1. The third kappa shape index (κ3) is 1.56. The van der Waals surface area contributed by atoms with Gasteiger partial charge in [-0.1, -0.05) is 6.42 Å². The number of ether oxygens (including phenoxy) is 1. The predicted octanol–water partition coefficient (Wildman–Crippen LogP) is 1.21. The lowest BCUT2D eigenvalue weighted by molar-refractivity contribution is -0.144. The molecule has 0 unspecified atom stereocenters. The van der Waals surface area contributed by atoms with Crippen LogP contribution in [0, 0.1) is 0 Å². The minimum Gasteiger partial charge on any atom is -0.468 e. The number of carbonyl (C=O) groups excluding carboxylic acids is 1. The van der Waals surface area contributed by atoms with Crippen molar-refractivity contribution in [3.05, 3.63) is 11.6 Å². The first kappa shape index (κ1) is 10.7. The van der Waals surface area contributed by atoms with E-state index < -0.39 is 5.41 Å². The van der Waals surface area contributed by atoms with E-state index in [1.807, 2.05) is 0 Å². The first-order valence-electron chi connectivity index (χ1n) is 6.29. The van der Waals surface area contributed by atoms with Crippen LogP contribution in [-0.4, -0.2) is 27.8 Å². The highest BCUT2D eigenvalue weighted by Gasteiger charge is 2.56. The molecule has 0 saturated heterocycles. The lowest BCUT2D eigenvalue weighted by Gasteiger charge is -2.14. The molecule has 1 aliphatic carbocycles. The van der Waals surface area contributed by atoms with Crippen molar-refractivity contribution in [1.82, 2.24) is 14.8 Å². The molecule has 0 amide bonds. The zero-order valence-electron chi connectivity index (χ0n) is 10.1. The largest absolute Gasteiger partial charge is 0.468 e. The minimum absolute atomic E-state index is 0.156. The van der Waals surface area contributed by atoms with Crippen molar-refractivity contribution in [3.63, 3.8) is 0 Å². The van der Waals surface area contributed by atoms with Gasteiger partial charge >= 0.3 is 5.97 Å². The van der Waals surface area contributed by atoms with Gasteiger partial charge in [0.2, 0.25) is 0 Å². The molecule has 0 bridgehead atoms. The molecule has 92 valence electrons. The molecule has 0 N–H and O–H groups in total. The van der Waals surface area contributed by atoms with Gasteiger partial charge < -0.3 is 9.30 Å². The molecule has 3 rings (SSSR count). The first-order chi connectivity index (χ1) is 8.28. The highest BCUT2D eigenvalue weighted by molar-refractivity contribution is 5.85. The smallest absolute Gasteiger partial charge is 0.319 e. The van der Waals surface area contributed by atoms with Gasteiger partial charge in [-0.3, -0.25) is 4.79 Å². The van der Waals surface area contributed by atoms with Crippen molar-refractivity contribution < 1.29 is 9.53 Å². The first-order valence-corrected chi connectivity index (χ1v) is 6.29. The van der Waals surface area contributed by atoms with Gasteiger partial charge in [0.15, 0.2) is 5.82 Å². The van der Waals surface area contributed by atoms with Gasteiger partial charge in [-0.2, -0.15) is 0 Å². The number of rotatable bonds is 2. The van der Waals surface area contributed by atoms with Gasteiger partial charge in [-0.15, -0.1) is 10.2 Å². The molecule has 1 aromatic rings. The van der Waals surface area contributed by atoms with Crippen molar-refractivity contribution in [3.8, 4) is 0 Å². The van der Waals surface area contributed by atoms with Crippen LogP contribution < -0.4 is 0 Å². The van der Waals surface area contributed by atoms with E-state index in [0.717, 1.165) is 43.9 Å². The lowest BCUT2D eigenvalue weighted by Crippen LogP contribution is -2.26. The molecule has 0 radical (unpaired) electrons. The number of aryl methyl sites for hydroxylation is 1. The van der Waals surface area contributed by atoms with Crippen LogP contribution in [0.5, 0.6) is 0 Å². The summed E-state index contributed by atoms with van der Waals surface area (Å²) >= 11 is 0. The average molecular weight is 235 g/mol. The third-order valence-electron chi connectivity index (χ3n) is 3.86. The fourth-order valence-electron chi connectivity index (χ4n) is 2.68. The maximum Gasteiger partial charge on any atom is 0.319 e. The van der Waals surface area contributed by atoms with E-state index in [2.05, 4.69) is 14.8 Å². The van der Waals surface area contributed by atoms with Crippen molar-refractivity contribution in [2.45, 2.75) is 50.5 Å². The topological polar surface area (TPSA) is 57.0 Å². The van der Waals surface area contributed by atoms with Gasteiger partial charge in [0.1, 0.15) is 11.2 Å². The monoisotopic (exact) mass is 235 g/mol. The van der Waals surface area contributed by atoms with E-state index in [4.69, 9.17) is 4.74 Å². The van der Waals surface area contributed by atoms with E-state index in [1.54, 1.807) is 0 Å². The van der Waals surface area contributed by atoms with E-state index in [9.17, 15) is 4.79 Å². The quantitative estimate of drug-likeness (QED) is 0.723. The molecule has 0 spiro atoms. The summed E-state index contributed by atoms with van der Waals surface area (Å²) in [5.74, 6) is 1.71. The summed E-state index contributed by atoms with van der Waals surface area (Å²) < 4.78 is 7.05. The van der Waals surface area contributed by atoms with E-state index in [-0.39, 0.29) is 5.97 Å². The van der Waals surface area contributed by atoms with Gasteiger partial charge in [-0.05, 0) is 25.7 Å². The third-order valence-corrected chi connectivity index (χ3v) is 3.86. The zero-order chi connectivity index (χ0) is 11.9. The summed E-state index contributed by atoms with van der Waals surface area (Å²) in [7, 11) is 1.45. The second kappa shape index (κ2) is 3.82. The molecule has 2 aliphatic rings. The van der Waals surface area contributed by atoms with Gasteiger partial charge in [-0.25, -0.2) is 0 Å². The predicted molar refractivity (Wildman–Crippen MR) is 60.5 cm³/mol. The summed E-state index contributed by atoms with van der Waals surface area (Å²) in [6.45, 7) is 0.941. The highest BCUT2D eigenvalue weighted by atomic mass is 16.5. The summed E-state index contributed by atoms with van der Waals surface area (Å²) in [4.78, 5) is 11.9. The van der Waals surface area contributed by atoms with Crippen LogP contribution in [0.3, 0.4) is 0 Å². The minimum atomic E-state index is -0.482. The fraction of sp³-hybridized carbons (Fsp3) is 0.750. The summed E-state index contributed by atoms with van der Waals surface area (Å²) in [5, 5.41) is 8.50. The van der Waals surface area contributed by atoms with Crippen molar-refractivity contribution >= 4 is 5.97 Å². The Balaban J connectivity index is 1.99. The standard InChI is InChI=1S/C12H17N3O2/c1-17-11(16)12(6-7-12)10-14-13-9-5-3-2-4-8-15(9)10/h2-8H2,1H3. The average Bonchev–Trinajstić information content (AvgIpc) is 3.11. The van der Waals surface area contributed by atoms with E-state index >= 15 is 0 Å². The van der Waals surface area contributed by atoms with Crippen LogP contribution >= 0.6 is 0 Å². The van der Waals surface area contributed by atoms with Crippen molar-refractivity contribution in [2.24, 2.45) is 0 Å². The van der Waals surface area contributed by atoms with E-state index in [1.165, 1.54) is 20.0 Å². The molecule has 5 nitrogen and oxygen atoms in total. The molecule has 2 heterocycles. The number of methoxy groups -OCH3 is 1. The Kier molecular flexibility index (Phi) is 2.42. The molecule has 1 aromatic heterocycles. The number of hydrogen-bond donors (Lipinski definition) is 0. The number of carbonyl (C=O) groups is 1. The van der Waals surface area contributed by atoms with Crippen LogP contribution in [0.2, 0.25) is 0 Å². The second-order valence-electron chi connectivity index (χ2n) is 4.98. The Morgan fingerprint density at radius 1 is 1.29 bits per heavy atom. The van der Waals surface area contributed by atoms with Gasteiger partial charge in [0, 0.05) is 13.0 Å². The summed E-state index contributed by atoms with van der Waals surface area (Å²) in [5.41, 5.74) is -0.482. The molecular weight excluding hydrogens is 218 g/mol. The Hall–Kier alpha value is -1.39. The maximum absolute atomic E-state index is 11.9. The molecule has 0 atom stereocenters. The Labute approximate surface area is 100 Å². The molecule has 1 fully saturated rings. The second-order valence-corrected chi connectivity index (χ2v) is 4.98. The van der Waals surface area contributed by atoms with Crippen LogP contribution in [0.25, 0.3) is 0 Å². The van der Waals surface area contributed by atoms with Gasteiger partial charge in [0.05, 0.1) is 7.11 Å². The Morgan fingerprint density at radius 2 is 2.12 bits per heavy atom. The van der Waals surface area contributed by atoms with Crippen LogP contribution in [0.15, 0.2) is 0 Å². The number of esters is 1. The summed E-state index contributed by atoms with van der Waals surface area (Å²) in [6.07, 6.45) is 6.21. The molecular formula is C12H17N3O2. The SMILES string of the molecule is COC(=O)C1(c2nnc3n2CCCCC3)CC1. The maximum atomic E-state index is 11.9. The fourth-order valence-corrected chi connectivity index (χ4v) is 2.68. The number of nitrogens with zero attached hydrogens (tertiary/aromatic N) is 3. The van der Waals surface area contributed by atoms with Gasteiger partial charge in [0.25, 0.3) is 0 Å². The lowest BCUT2D eigenvalue weighted by atomic mass is 10.1. The normalized spacial score (nSPS) is 21.5. The van der Waals surface area contributed by atoms with Crippen LogP contribution in [0.4, 0.5) is 0 Å². The Morgan fingerprint density at radius 3 is 2.82 bits per heavy atom. The molecule has 1 saturated carbocycles. The molecule has 5 heteroatoms. The molecule has 0 aromatic carbocycles. The highest BCUT2D eigenvalue weighted by Crippen LogP contribution is 2.48. The number of hydrogen-bond acceptors (Lipinski definition) is 4. The van der Waals surface area contributed by atoms with Crippen molar-refractivity contribution in [2.75, 3.05) is 7.11 Å².